The Morgan fingerprint density at radius 3 is 1.07 bits per heavy atom. The maximum absolute atomic E-state index is 5.15. The maximum atomic E-state index is 5.15. The van der Waals surface area contributed by atoms with E-state index < -0.39 is 5.41 Å². The van der Waals surface area contributed by atoms with Crippen LogP contribution in [0.4, 0.5) is 0 Å². The number of fused-ring (bicyclic) bond motifs is 10. The molecule has 0 fully saturated rings. The molecule has 1 aromatic heterocycles. The molecule has 3 nitrogen and oxygen atoms in total. The first-order valence-electron chi connectivity index (χ1n) is 20.8. The van der Waals surface area contributed by atoms with E-state index in [1.807, 2.05) is 24.3 Å². The van der Waals surface area contributed by atoms with Crippen LogP contribution >= 0.6 is 0 Å². The molecule has 0 N–H and O–H groups in total. The predicted molar refractivity (Wildman–Crippen MR) is 249 cm³/mol. The fourth-order valence-corrected chi connectivity index (χ4v) is 9.76. The molecule has 284 valence electrons. The molecule has 0 unspecified atom stereocenters. The molecule has 3 heteroatoms. The quantitative estimate of drug-likeness (QED) is 0.169. The van der Waals surface area contributed by atoms with Crippen LogP contribution in [0.2, 0.25) is 0 Å². The van der Waals surface area contributed by atoms with E-state index in [4.69, 9.17) is 15.0 Å². The highest BCUT2D eigenvalue weighted by molar-refractivity contribution is 5.96. The Hall–Kier alpha value is -8.01. The molecule has 9 aromatic carbocycles. The van der Waals surface area contributed by atoms with Gasteiger partial charge in [0.15, 0.2) is 17.5 Å². The van der Waals surface area contributed by atoms with E-state index in [9.17, 15) is 0 Å². The van der Waals surface area contributed by atoms with Gasteiger partial charge in [0.25, 0.3) is 0 Å². The third-order valence-corrected chi connectivity index (χ3v) is 12.6. The largest absolute Gasteiger partial charge is 0.208 e. The fourth-order valence-electron chi connectivity index (χ4n) is 9.76. The number of benzene rings is 9. The highest BCUT2D eigenvalue weighted by Gasteiger charge is 2.51. The Bertz CT molecular complexity index is 3220. The number of rotatable bonds is 6. The molecule has 2 aliphatic rings. The van der Waals surface area contributed by atoms with E-state index in [0.717, 1.165) is 38.9 Å². The van der Waals surface area contributed by atoms with E-state index in [-0.39, 0.29) is 0 Å². The SMILES string of the molecule is c1ccc(-c2ccc(-c3ccc(-c4nc(-c5ccccc5)nc(-c5cccc(-c6ccc7c(c6)C6(c8ccccc8-c8ccccc86)c6ccccc6-7)c5)n4)cc3)cc2)cc1. The van der Waals surface area contributed by atoms with Crippen LogP contribution in [0.3, 0.4) is 0 Å². The summed E-state index contributed by atoms with van der Waals surface area (Å²) in [7, 11) is 0. The van der Waals surface area contributed by atoms with Gasteiger partial charge in [-0.25, -0.2) is 15.0 Å². The van der Waals surface area contributed by atoms with Crippen molar-refractivity contribution in [2.75, 3.05) is 0 Å². The van der Waals surface area contributed by atoms with Gasteiger partial charge in [0, 0.05) is 16.7 Å². The lowest BCUT2D eigenvalue weighted by Gasteiger charge is -2.30. The summed E-state index contributed by atoms with van der Waals surface area (Å²) in [5, 5.41) is 0. The normalized spacial score (nSPS) is 12.7. The first kappa shape index (κ1) is 35.0. The fraction of sp³-hybridized carbons (Fsp3) is 0.0172. The Kier molecular flexibility index (Phi) is 8.07. The summed E-state index contributed by atoms with van der Waals surface area (Å²) in [5.74, 6) is 1.91. The van der Waals surface area contributed by atoms with Crippen molar-refractivity contribution in [1.29, 1.82) is 0 Å². The van der Waals surface area contributed by atoms with Crippen LogP contribution in [-0.4, -0.2) is 15.0 Å². The Labute approximate surface area is 355 Å². The summed E-state index contributed by atoms with van der Waals surface area (Å²) in [6.45, 7) is 0. The van der Waals surface area contributed by atoms with Gasteiger partial charge in [0.05, 0.1) is 5.41 Å². The van der Waals surface area contributed by atoms with Crippen LogP contribution in [0.15, 0.2) is 224 Å². The van der Waals surface area contributed by atoms with E-state index in [0.29, 0.717) is 17.5 Å². The van der Waals surface area contributed by atoms with Gasteiger partial charge in [0.2, 0.25) is 0 Å². The first-order chi connectivity index (χ1) is 30.2. The van der Waals surface area contributed by atoms with Crippen molar-refractivity contribution in [2.45, 2.75) is 5.41 Å². The summed E-state index contributed by atoms with van der Waals surface area (Å²) in [5.41, 5.74) is 19.9. The second-order valence-corrected chi connectivity index (χ2v) is 15.9. The van der Waals surface area contributed by atoms with Crippen LogP contribution in [0, 0.1) is 0 Å². The second-order valence-electron chi connectivity index (χ2n) is 15.9. The maximum Gasteiger partial charge on any atom is 0.164 e. The molecule has 0 amide bonds. The summed E-state index contributed by atoms with van der Waals surface area (Å²) in [6.07, 6.45) is 0. The predicted octanol–water partition coefficient (Wildman–Crippen LogP) is 14.2. The average molecular weight is 776 g/mol. The highest BCUT2D eigenvalue weighted by Crippen LogP contribution is 2.63. The lowest BCUT2D eigenvalue weighted by Crippen LogP contribution is -2.25. The van der Waals surface area contributed by atoms with Gasteiger partial charge in [-0.05, 0) is 90.0 Å². The minimum Gasteiger partial charge on any atom is -0.208 e. The van der Waals surface area contributed by atoms with Crippen molar-refractivity contribution in [3.05, 3.63) is 247 Å². The summed E-state index contributed by atoms with van der Waals surface area (Å²) < 4.78 is 0. The monoisotopic (exact) mass is 775 g/mol. The van der Waals surface area contributed by atoms with Gasteiger partial charge in [-0.3, -0.25) is 0 Å². The van der Waals surface area contributed by atoms with Crippen LogP contribution < -0.4 is 0 Å². The standard InChI is InChI=1S/C58H37N3/c1-3-14-38(15-4-1)39-26-28-40(29-27-39)41-30-32-43(33-31-41)56-59-55(42-16-5-2-6-17-42)60-57(61-56)46-19-13-18-44(36-46)45-34-35-50-49-22-9-12-25-53(49)58(54(50)37-45)51-23-10-7-20-47(51)48-21-8-11-24-52(48)58/h1-37H. The third-order valence-electron chi connectivity index (χ3n) is 12.6. The van der Waals surface area contributed by atoms with Crippen molar-refractivity contribution in [1.82, 2.24) is 15.0 Å². The van der Waals surface area contributed by atoms with Crippen LogP contribution in [0.1, 0.15) is 22.3 Å². The van der Waals surface area contributed by atoms with Gasteiger partial charge >= 0.3 is 0 Å². The minimum absolute atomic E-state index is 0.401. The zero-order valence-corrected chi connectivity index (χ0v) is 33.2. The summed E-state index contributed by atoms with van der Waals surface area (Å²) in [4.78, 5) is 15.3. The summed E-state index contributed by atoms with van der Waals surface area (Å²) >= 11 is 0. The highest BCUT2D eigenvalue weighted by atomic mass is 15.0. The lowest BCUT2D eigenvalue weighted by molar-refractivity contribution is 0.794. The zero-order valence-electron chi connectivity index (χ0n) is 33.2. The number of nitrogens with zero attached hydrogens (tertiary/aromatic N) is 3. The molecule has 61 heavy (non-hydrogen) atoms. The number of hydrogen-bond donors (Lipinski definition) is 0. The topological polar surface area (TPSA) is 38.7 Å². The zero-order chi connectivity index (χ0) is 40.3. The van der Waals surface area contributed by atoms with Gasteiger partial charge in [-0.1, -0.05) is 212 Å². The average Bonchev–Trinajstić information content (AvgIpc) is 3.82. The van der Waals surface area contributed by atoms with Crippen LogP contribution in [0.5, 0.6) is 0 Å². The van der Waals surface area contributed by atoms with Gasteiger partial charge in [-0.2, -0.15) is 0 Å². The molecular formula is C58H37N3. The van der Waals surface area contributed by atoms with Crippen molar-refractivity contribution in [3.8, 4) is 89.8 Å². The van der Waals surface area contributed by atoms with Crippen LogP contribution in [-0.2, 0) is 5.41 Å². The molecule has 10 aromatic rings. The van der Waals surface area contributed by atoms with Gasteiger partial charge in [-0.15, -0.1) is 0 Å². The molecule has 12 rings (SSSR count). The van der Waals surface area contributed by atoms with Gasteiger partial charge < -0.3 is 0 Å². The smallest absolute Gasteiger partial charge is 0.164 e. The van der Waals surface area contributed by atoms with E-state index in [2.05, 4.69) is 200 Å². The Balaban J connectivity index is 0.943. The van der Waals surface area contributed by atoms with Crippen molar-refractivity contribution < 1.29 is 0 Å². The molecule has 1 spiro atoms. The molecule has 1 heterocycles. The number of aromatic nitrogens is 3. The molecule has 0 bridgehead atoms. The molecule has 0 saturated carbocycles. The van der Waals surface area contributed by atoms with E-state index in [1.54, 1.807) is 0 Å². The molecule has 2 aliphatic carbocycles. The van der Waals surface area contributed by atoms with E-state index in [1.165, 1.54) is 55.6 Å². The van der Waals surface area contributed by atoms with Crippen LogP contribution in [0.25, 0.3) is 89.8 Å². The third kappa shape index (κ3) is 5.62. The Morgan fingerprint density at radius 1 is 0.213 bits per heavy atom. The first-order valence-corrected chi connectivity index (χ1v) is 20.8. The molecular weight excluding hydrogens is 739 g/mol. The Morgan fingerprint density at radius 2 is 0.541 bits per heavy atom. The second kappa shape index (κ2) is 14.1. The van der Waals surface area contributed by atoms with Crippen molar-refractivity contribution in [2.24, 2.45) is 0 Å². The van der Waals surface area contributed by atoms with Gasteiger partial charge in [0.1, 0.15) is 0 Å². The van der Waals surface area contributed by atoms with Crippen molar-refractivity contribution >= 4 is 0 Å². The summed E-state index contributed by atoms with van der Waals surface area (Å²) in [6, 6.07) is 80.5. The molecule has 0 saturated heterocycles. The van der Waals surface area contributed by atoms with E-state index >= 15 is 0 Å². The van der Waals surface area contributed by atoms with Crippen molar-refractivity contribution in [3.63, 3.8) is 0 Å². The molecule has 0 atom stereocenters. The minimum atomic E-state index is -0.401. The number of hydrogen-bond acceptors (Lipinski definition) is 3. The molecule has 0 aliphatic heterocycles. The lowest BCUT2D eigenvalue weighted by atomic mass is 9.70. The molecule has 0 radical (unpaired) electrons.